The summed E-state index contributed by atoms with van der Waals surface area (Å²) in [5.74, 6) is 0.538. The van der Waals surface area contributed by atoms with Crippen molar-refractivity contribution < 1.29 is 0 Å². The fraction of sp³-hybridized carbons (Fsp3) is 0.423. The smallest absolute Gasteiger partial charge is 0.296 e. The molecular weight excluding hydrogens is 426 g/mol. The zero-order valence-corrected chi connectivity index (χ0v) is 19.7. The molecule has 0 spiro atoms. The van der Waals surface area contributed by atoms with Crippen LogP contribution in [-0.4, -0.2) is 34.7 Å². The second-order valence-corrected chi connectivity index (χ2v) is 9.14. The molecule has 0 saturated heterocycles. The van der Waals surface area contributed by atoms with E-state index in [9.17, 15) is 4.79 Å². The number of aromatic nitrogens is 7. The highest BCUT2D eigenvalue weighted by Gasteiger charge is 2.21. The summed E-state index contributed by atoms with van der Waals surface area (Å²) in [5.41, 5.74) is 5.08. The van der Waals surface area contributed by atoms with Gasteiger partial charge in [0.15, 0.2) is 5.82 Å². The topological polar surface area (TPSA) is 94.3 Å². The molecule has 1 aliphatic rings. The van der Waals surface area contributed by atoms with Crippen molar-refractivity contribution in [3.63, 3.8) is 0 Å². The summed E-state index contributed by atoms with van der Waals surface area (Å²) < 4.78 is 4.00. The Bertz CT molecular complexity index is 1270. The average molecular weight is 458 g/mol. The number of H-pyrrole nitrogens is 1. The highest BCUT2D eigenvalue weighted by molar-refractivity contribution is 5.77. The van der Waals surface area contributed by atoms with Gasteiger partial charge in [0.25, 0.3) is 0 Å². The van der Waals surface area contributed by atoms with Crippen LogP contribution in [-0.2, 0) is 13.0 Å². The maximum Gasteiger partial charge on any atom is 0.328 e. The molecule has 34 heavy (non-hydrogen) atoms. The number of imidazole rings is 1. The van der Waals surface area contributed by atoms with E-state index in [2.05, 4.69) is 63.0 Å². The van der Waals surface area contributed by atoms with Crippen LogP contribution in [0.5, 0.6) is 0 Å². The van der Waals surface area contributed by atoms with Crippen molar-refractivity contribution >= 4 is 0 Å². The van der Waals surface area contributed by atoms with Crippen LogP contribution < -0.4 is 5.69 Å². The minimum absolute atomic E-state index is 0.134. The Morgan fingerprint density at radius 1 is 1.09 bits per heavy atom. The third-order valence-electron chi connectivity index (χ3n) is 6.82. The molecular formula is C26H31N7O. The van der Waals surface area contributed by atoms with Crippen LogP contribution in [0.1, 0.15) is 69.2 Å². The van der Waals surface area contributed by atoms with E-state index in [4.69, 9.17) is 0 Å². The van der Waals surface area contributed by atoms with Crippen LogP contribution in [0.2, 0.25) is 0 Å². The van der Waals surface area contributed by atoms with E-state index in [0.717, 1.165) is 54.5 Å². The summed E-state index contributed by atoms with van der Waals surface area (Å²) in [6.07, 6.45) is 13.0. The van der Waals surface area contributed by atoms with Crippen molar-refractivity contribution in [1.82, 2.24) is 34.7 Å². The Morgan fingerprint density at radius 2 is 1.91 bits per heavy atom. The fourth-order valence-corrected chi connectivity index (χ4v) is 4.95. The van der Waals surface area contributed by atoms with Crippen molar-refractivity contribution in [1.29, 1.82) is 0 Å². The molecule has 0 unspecified atom stereocenters. The number of benzene rings is 1. The van der Waals surface area contributed by atoms with Crippen molar-refractivity contribution in [2.45, 2.75) is 70.9 Å². The first-order chi connectivity index (χ1) is 16.7. The van der Waals surface area contributed by atoms with Gasteiger partial charge in [-0.05, 0) is 53.3 Å². The first kappa shape index (κ1) is 22.3. The van der Waals surface area contributed by atoms with Gasteiger partial charge in [-0.2, -0.15) is 0 Å². The molecule has 0 aliphatic heterocycles. The number of tetrazole rings is 1. The molecule has 8 heteroatoms. The van der Waals surface area contributed by atoms with Crippen LogP contribution in [0.15, 0.2) is 53.6 Å². The Balaban J connectivity index is 1.42. The predicted molar refractivity (Wildman–Crippen MR) is 131 cm³/mol. The van der Waals surface area contributed by atoms with Crippen molar-refractivity contribution in [2.24, 2.45) is 0 Å². The van der Waals surface area contributed by atoms with Crippen molar-refractivity contribution in [2.75, 3.05) is 0 Å². The molecule has 3 heterocycles. The van der Waals surface area contributed by atoms with Gasteiger partial charge in [-0.3, -0.25) is 14.1 Å². The number of aryl methyl sites for hydroxylation is 1. The number of aromatic amines is 1. The number of hydrogen-bond donors (Lipinski definition) is 1. The van der Waals surface area contributed by atoms with E-state index in [1.807, 2.05) is 21.3 Å². The summed E-state index contributed by atoms with van der Waals surface area (Å²) in [6, 6.07) is 12.6. The zero-order valence-electron chi connectivity index (χ0n) is 19.7. The Labute approximate surface area is 199 Å². The van der Waals surface area contributed by atoms with Gasteiger partial charge < -0.3 is 0 Å². The number of pyridine rings is 1. The van der Waals surface area contributed by atoms with Crippen LogP contribution >= 0.6 is 0 Å². The van der Waals surface area contributed by atoms with Crippen LogP contribution in [0.4, 0.5) is 0 Å². The average Bonchev–Trinajstić information content (AvgIpc) is 3.53. The number of rotatable bonds is 8. The first-order valence-corrected chi connectivity index (χ1v) is 12.3. The molecule has 0 bridgehead atoms. The van der Waals surface area contributed by atoms with Crippen molar-refractivity contribution in [3.05, 3.63) is 70.5 Å². The summed E-state index contributed by atoms with van der Waals surface area (Å²) in [5, 5.41) is 14.1. The number of nitrogens with zero attached hydrogens (tertiary/aromatic N) is 6. The molecule has 176 valence electrons. The SMILES string of the molecule is CCCCc1cn(C2CCCCC2)c(=O)n1Cc1ccc(-c2cccnc2-c2nnn[nH]2)cc1. The van der Waals surface area contributed by atoms with E-state index in [0.29, 0.717) is 24.1 Å². The largest absolute Gasteiger partial charge is 0.328 e. The molecule has 1 N–H and O–H groups in total. The van der Waals surface area contributed by atoms with E-state index in [1.165, 1.54) is 19.3 Å². The third kappa shape index (κ3) is 4.58. The molecule has 1 aliphatic carbocycles. The quantitative estimate of drug-likeness (QED) is 0.411. The normalized spacial score (nSPS) is 14.5. The predicted octanol–water partition coefficient (Wildman–Crippen LogP) is 4.79. The molecule has 4 aromatic rings. The van der Waals surface area contributed by atoms with Crippen LogP contribution in [0.25, 0.3) is 22.6 Å². The van der Waals surface area contributed by atoms with Gasteiger partial charge >= 0.3 is 5.69 Å². The second kappa shape index (κ2) is 10.2. The Kier molecular flexibility index (Phi) is 6.65. The molecule has 1 aromatic carbocycles. The van der Waals surface area contributed by atoms with Crippen molar-refractivity contribution in [3.8, 4) is 22.6 Å². The Morgan fingerprint density at radius 3 is 2.65 bits per heavy atom. The Hall–Kier alpha value is -3.55. The van der Waals surface area contributed by atoms with E-state index >= 15 is 0 Å². The highest BCUT2D eigenvalue weighted by atomic mass is 16.1. The monoisotopic (exact) mass is 457 g/mol. The van der Waals surface area contributed by atoms with Gasteiger partial charge in [0.2, 0.25) is 0 Å². The lowest BCUT2D eigenvalue weighted by molar-refractivity contribution is 0.344. The lowest BCUT2D eigenvalue weighted by Gasteiger charge is -2.22. The van der Waals surface area contributed by atoms with E-state index in [-0.39, 0.29) is 5.69 Å². The molecule has 1 saturated carbocycles. The van der Waals surface area contributed by atoms with E-state index in [1.54, 1.807) is 6.20 Å². The molecule has 8 nitrogen and oxygen atoms in total. The van der Waals surface area contributed by atoms with Gasteiger partial charge in [0.05, 0.1) is 6.54 Å². The minimum Gasteiger partial charge on any atom is -0.296 e. The zero-order chi connectivity index (χ0) is 23.3. The lowest BCUT2D eigenvalue weighted by Crippen LogP contribution is -2.29. The molecule has 0 radical (unpaired) electrons. The molecule has 1 fully saturated rings. The number of nitrogens with one attached hydrogen (secondary N) is 1. The molecule has 5 rings (SSSR count). The fourth-order valence-electron chi connectivity index (χ4n) is 4.95. The third-order valence-corrected chi connectivity index (χ3v) is 6.82. The molecule has 3 aromatic heterocycles. The standard InChI is InChI=1S/C26H31N7O/c1-2-3-8-22-18-33(21-9-5-4-6-10-21)26(34)32(22)17-19-12-14-20(15-13-19)23-11-7-16-27-24(23)25-28-30-31-29-25/h7,11-16,18,21H,2-6,8-10,17H2,1H3,(H,28,29,30,31). The number of unbranched alkanes of at least 4 members (excludes halogenated alkanes) is 1. The first-order valence-electron chi connectivity index (χ1n) is 12.3. The summed E-state index contributed by atoms with van der Waals surface area (Å²) in [6.45, 7) is 2.78. The van der Waals surface area contributed by atoms with Crippen LogP contribution in [0.3, 0.4) is 0 Å². The van der Waals surface area contributed by atoms with Crippen LogP contribution in [0, 0.1) is 0 Å². The van der Waals surface area contributed by atoms with E-state index < -0.39 is 0 Å². The van der Waals surface area contributed by atoms with Gasteiger partial charge in [0, 0.05) is 29.7 Å². The maximum atomic E-state index is 13.4. The van der Waals surface area contributed by atoms with Gasteiger partial charge in [-0.1, -0.05) is 62.9 Å². The van der Waals surface area contributed by atoms with Gasteiger partial charge in [-0.25, -0.2) is 9.89 Å². The second-order valence-electron chi connectivity index (χ2n) is 9.14. The lowest BCUT2D eigenvalue weighted by atomic mass is 9.95. The van der Waals surface area contributed by atoms with Gasteiger partial charge in [0.1, 0.15) is 5.69 Å². The highest BCUT2D eigenvalue weighted by Crippen LogP contribution is 2.29. The maximum absolute atomic E-state index is 13.4. The summed E-state index contributed by atoms with van der Waals surface area (Å²) >= 11 is 0. The molecule has 0 amide bonds. The molecule has 0 atom stereocenters. The number of hydrogen-bond acceptors (Lipinski definition) is 5. The summed E-state index contributed by atoms with van der Waals surface area (Å²) in [4.78, 5) is 17.9. The summed E-state index contributed by atoms with van der Waals surface area (Å²) in [7, 11) is 0. The minimum atomic E-state index is 0.134. The van der Waals surface area contributed by atoms with Gasteiger partial charge in [-0.15, -0.1) is 5.10 Å².